The van der Waals surface area contributed by atoms with E-state index in [4.69, 9.17) is 5.11 Å². The Kier molecular flexibility index (Phi) is 6.03. The van der Waals surface area contributed by atoms with E-state index < -0.39 is 6.61 Å². The first-order chi connectivity index (χ1) is 11.2. The van der Waals surface area contributed by atoms with E-state index in [0.29, 0.717) is 5.69 Å². The van der Waals surface area contributed by atoms with Gasteiger partial charge in [-0.15, -0.1) is 0 Å². The summed E-state index contributed by atoms with van der Waals surface area (Å²) in [5.41, 5.74) is 2.34. The Labute approximate surface area is 134 Å². The standard InChI is InChI=1S/C19H17NO3/c21-14-18(22)11-9-16-7-4-8-17(13-16)20-19(23)12-10-15-5-2-1-3-6-15/h1-13,21H,14H2,(H,20,23)/b11-9+,12-10+. The molecule has 2 rings (SSSR count). The molecule has 0 radical (unpaired) electrons. The molecule has 2 aromatic carbocycles. The van der Waals surface area contributed by atoms with Gasteiger partial charge in [-0.1, -0.05) is 48.5 Å². The minimum atomic E-state index is -0.517. The molecule has 2 N–H and O–H groups in total. The fraction of sp³-hybridized carbons (Fsp3) is 0.0526. The van der Waals surface area contributed by atoms with Gasteiger partial charge in [-0.3, -0.25) is 9.59 Å². The summed E-state index contributed by atoms with van der Waals surface area (Å²) in [4.78, 5) is 23.0. The number of rotatable bonds is 6. The van der Waals surface area contributed by atoms with Gasteiger partial charge in [0.2, 0.25) is 5.91 Å². The van der Waals surface area contributed by atoms with Gasteiger partial charge in [0.1, 0.15) is 6.61 Å². The van der Waals surface area contributed by atoms with E-state index in [0.717, 1.165) is 11.1 Å². The lowest BCUT2D eigenvalue weighted by atomic mass is 10.1. The Balaban J connectivity index is 2.00. The summed E-state index contributed by atoms with van der Waals surface area (Å²) in [6, 6.07) is 16.6. The minimum Gasteiger partial charge on any atom is -0.388 e. The monoisotopic (exact) mass is 307 g/mol. The number of aliphatic hydroxyl groups excluding tert-OH is 1. The van der Waals surface area contributed by atoms with Crippen LogP contribution in [0.15, 0.2) is 66.7 Å². The molecule has 4 heteroatoms. The smallest absolute Gasteiger partial charge is 0.248 e. The average Bonchev–Trinajstić information content (AvgIpc) is 2.59. The van der Waals surface area contributed by atoms with Gasteiger partial charge >= 0.3 is 0 Å². The first-order valence-electron chi connectivity index (χ1n) is 7.13. The van der Waals surface area contributed by atoms with Gasteiger partial charge in [-0.25, -0.2) is 0 Å². The number of hydrogen-bond acceptors (Lipinski definition) is 3. The maximum Gasteiger partial charge on any atom is 0.248 e. The third kappa shape index (κ3) is 5.73. The van der Waals surface area contributed by atoms with E-state index in [1.165, 1.54) is 12.2 Å². The van der Waals surface area contributed by atoms with Crippen LogP contribution in [0.3, 0.4) is 0 Å². The Bertz CT molecular complexity index is 733. The molecule has 116 valence electrons. The summed E-state index contributed by atoms with van der Waals surface area (Å²) in [5, 5.41) is 11.4. The average molecular weight is 307 g/mol. The fourth-order valence-corrected chi connectivity index (χ4v) is 1.88. The van der Waals surface area contributed by atoms with Crippen LogP contribution in [-0.4, -0.2) is 23.4 Å². The van der Waals surface area contributed by atoms with E-state index in [9.17, 15) is 9.59 Å². The summed E-state index contributed by atoms with van der Waals surface area (Å²) in [5.74, 6) is -0.605. The molecule has 2 aromatic rings. The molecule has 0 spiro atoms. The Hall–Kier alpha value is -2.98. The second-order valence-corrected chi connectivity index (χ2v) is 4.82. The summed E-state index contributed by atoms with van der Waals surface area (Å²) < 4.78 is 0. The number of benzene rings is 2. The molecule has 0 saturated heterocycles. The van der Waals surface area contributed by atoms with Crippen molar-refractivity contribution in [1.82, 2.24) is 0 Å². The highest BCUT2D eigenvalue weighted by Gasteiger charge is 1.99. The summed E-state index contributed by atoms with van der Waals surface area (Å²) in [6.45, 7) is -0.517. The van der Waals surface area contributed by atoms with Crippen molar-refractivity contribution >= 4 is 29.5 Å². The highest BCUT2D eigenvalue weighted by atomic mass is 16.3. The highest BCUT2D eigenvalue weighted by molar-refractivity contribution is 6.02. The van der Waals surface area contributed by atoms with Crippen molar-refractivity contribution in [2.75, 3.05) is 11.9 Å². The lowest BCUT2D eigenvalue weighted by molar-refractivity contribution is -0.117. The van der Waals surface area contributed by atoms with E-state index in [1.54, 1.807) is 36.4 Å². The lowest BCUT2D eigenvalue weighted by Gasteiger charge is -2.03. The number of amides is 1. The van der Waals surface area contributed by atoms with Crippen LogP contribution in [0.5, 0.6) is 0 Å². The van der Waals surface area contributed by atoms with E-state index in [-0.39, 0.29) is 11.7 Å². The molecule has 0 saturated carbocycles. The molecule has 0 aromatic heterocycles. The number of aliphatic hydroxyl groups is 1. The number of carbonyl (C=O) groups excluding carboxylic acids is 2. The normalized spacial score (nSPS) is 11.0. The molecule has 0 unspecified atom stereocenters. The van der Waals surface area contributed by atoms with Gasteiger partial charge in [0, 0.05) is 11.8 Å². The lowest BCUT2D eigenvalue weighted by Crippen LogP contribution is -2.07. The number of carbonyl (C=O) groups is 2. The Morgan fingerprint density at radius 2 is 1.61 bits per heavy atom. The third-order valence-electron chi connectivity index (χ3n) is 3.00. The van der Waals surface area contributed by atoms with Gasteiger partial charge in [0.15, 0.2) is 5.78 Å². The van der Waals surface area contributed by atoms with Gasteiger partial charge in [0.25, 0.3) is 0 Å². The molecule has 0 aliphatic rings. The molecule has 0 atom stereocenters. The molecule has 0 aliphatic heterocycles. The van der Waals surface area contributed by atoms with Crippen LogP contribution in [0.4, 0.5) is 5.69 Å². The quantitative estimate of drug-likeness (QED) is 0.806. The first-order valence-corrected chi connectivity index (χ1v) is 7.13. The first kappa shape index (κ1) is 16.4. The molecule has 0 bridgehead atoms. The summed E-state index contributed by atoms with van der Waals surface area (Å²) in [7, 11) is 0. The van der Waals surface area contributed by atoms with E-state index in [1.807, 2.05) is 30.3 Å². The molecule has 0 aliphatic carbocycles. The highest BCUT2D eigenvalue weighted by Crippen LogP contribution is 2.12. The van der Waals surface area contributed by atoms with Crippen molar-refractivity contribution in [1.29, 1.82) is 0 Å². The van der Waals surface area contributed by atoms with Crippen molar-refractivity contribution in [3.8, 4) is 0 Å². The van der Waals surface area contributed by atoms with Crippen LogP contribution in [0, 0.1) is 0 Å². The van der Waals surface area contributed by atoms with Gasteiger partial charge < -0.3 is 10.4 Å². The van der Waals surface area contributed by atoms with Gasteiger partial charge in [0.05, 0.1) is 0 Å². The van der Waals surface area contributed by atoms with Crippen molar-refractivity contribution in [2.24, 2.45) is 0 Å². The second-order valence-electron chi connectivity index (χ2n) is 4.82. The van der Waals surface area contributed by atoms with Crippen molar-refractivity contribution < 1.29 is 14.7 Å². The zero-order valence-electron chi connectivity index (χ0n) is 12.5. The molecule has 1 amide bonds. The number of anilines is 1. The Morgan fingerprint density at radius 1 is 0.913 bits per heavy atom. The maximum atomic E-state index is 11.9. The van der Waals surface area contributed by atoms with Crippen LogP contribution < -0.4 is 5.32 Å². The van der Waals surface area contributed by atoms with Crippen LogP contribution in [0.2, 0.25) is 0 Å². The van der Waals surface area contributed by atoms with Crippen molar-refractivity contribution in [2.45, 2.75) is 0 Å². The van der Waals surface area contributed by atoms with E-state index in [2.05, 4.69) is 5.32 Å². The van der Waals surface area contributed by atoms with Crippen molar-refractivity contribution in [3.63, 3.8) is 0 Å². The zero-order chi connectivity index (χ0) is 16.5. The number of ketones is 1. The molecule has 23 heavy (non-hydrogen) atoms. The van der Waals surface area contributed by atoms with Crippen LogP contribution in [-0.2, 0) is 9.59 Å². The van der Waals surface area contributed by atoms with E-state index >= 15 is 0 Å². The van der Waals surface area contributed by atoms with Crippen molar-refractivity contribution in [3.05, 3.63) is 77.9 Å². The van der Waals surface area contributed by atoms with Crippen LogP contribution in [0.1, 0.15) is 11.1 Å². The number of nitrogens with one attached hydrogen (secondary N) is 1. The second kappa shape index (κ2) is 8.46. The molecule has 4 nitrogen and oxygen atoms in total. The minimum absolute atomic E-state index is 0.235. The zero-order valence-corrected chi connectivity index (χ0v) is 12.5. The maximum absolute atomic E-state index is 11.9. The Morgan fingerprint density at radius 3 is 2.35 bits per heavy atom. The summed E-state index contributed by atoms with van der Waals surface area (Å²) in [6.07, 6.45) is 6.09. The van der Waals surface area contributed by atoms with Crippen LogP contribution >= 0.6 is 0 Å². The predicted octanol–water partition coefficient (Wildman–Crippen LogP) is 2.91. The summed E-state index contributed by atoms with van der Waals surface area (Å²) >= 11 is 0. The third-order valence-corrected chi connectivity index (χ3v) is 3.00. The van der Waals surface area contributed by atoms with Gasteiger partial charge in [-0.05, 0) is 35.4 Å². The topological polar surface area (TPSA) is 66.4 Å². The number of hydrogen-bond donors (Lipinski definition) is 2. The molecular weight excluding hydrogens is 290 g/mol. The molecular formula is C19H17NO3. The largest absolute Gasteiger partial charge is 0.388 e. The molecule has 0 heterocycles. The molecule has 0 fully saturated rings. The van der Waals surface area contributed by atoms with Gasteiger partial charge in [-0.2, -0.15) is 0 Å². The SMILES string of the molecule is O=C(/C=C/c1cccc(NC(=O)/C=C/c2ccccc2)c1)CO. The fourth-order valence-electron chi connectivity index (χ4n) is 1.88. The van der Waals surface area contributed by atoms with Crippen LogP contribution in [0.25, 0.3) is 12.2 Å². The predicted molar refractivity (Wildman–Crippen MR) is 91.7 cm³/mol.